The normalized spacial score (nSPS) is 18.2. The van der Waals surface area contributed by atoms with Crippen molar-refractivity contribution in [3.8, 4) is 0 Å². The molecule has 2 rings (SSSR count). The number of rotatable bonds is 3. The molecule has 21 heavy (non-hydrogen) atoms. The largest absolute Gasteiger partial charge is 0.347 e. The van der Waals surface area contributed by atoms with Gasteiger partial charge in [0.1, 0.15) is 0 Å². The van der Waals surface area contributed by atoms with Gasteiger partial charge in [-0.3, -0.25) is 4.79 Å². The second-order valence-corrected chi connectivity index (χ2v) is 7.66. The van der Waals surface area contributed by atoms with Crippen molar-refractivity contribution in [3.63, 3.8) is 0 Å². The summed E-state index contributed by atoms with van der Waals surface area (Å²) in [6.45, 7) is 3.78. The van der Waals surface area contributed by atoms with Gasteiger partial charge in [-0.1, -0.05) is 19.3 Å². The molecule has 1 saturated carbocycles. The summed E-state index contributed by atoms with van der Waals surface area (Å²) in [5.74, 6) is -0.155. The van der Waals surface area contributed by atoms with Crippen LogP contribution in [0, 0.1) is 6.92 Å². The van der Waals surface area contributed by atoms with E-state index in [0.717, 1.165) is 25.7 Å². The number of benzene rings is 1. The van der Waals surface area contributed by atoms with Crippen molar-refractivity contribution in [2.45, 2.75) is 56.4 Å². The summed E-state index contributed by atoms with van der Waals surface area (Å²) in [6.07, 6.45) is 5.42. The zero-order chi connectivity index (χ0) is 15.7. The van der Waals surface area contributed by atoms with Gasteiger partial charge in [0.15, 0.2) is 0 Å². The minimum atomic E-state index is -3.74. The van der Waals surface area contributed by atoms with Crippen LogP contribution in [0.4, 0.5) is 0 Å². The number of hydrogen-bond donors (Lipinski definition) is 2. The minimum absolute atomic E-state index is 0.0282. The Morgan fingerprint density at radius 3 is 2.38 bits per heavy atom. The van der Waals surface area contributed by atoms with Crippen molar-refractivity contribution in [2.75, 3.05) is 0 Å². The third kappa shape index (κ3) is 3.83. The molecule has 116 valence electrons. The highest BCUT2D eigenvalue weighted by molar-refractivity contribution is 7.89. The van der Waals surface area contributed by atoms with E-state index in [2.05, 4.69) is 12.2 Å². The molecule has 5 nitrogen and oxygen atoms in total. The Labute approximate surface area is 126 Å². The van der Waals surface area contributed by atoms with Crippen LogP contribution >= 0.6 is 0 Å². The fraction of sp³-hybridized carbons (Fsp3) is 0.533. The highest BCUT2D eigenvalue weighted by Crippen LogP contribution is 2.28. The molecule has 0 spiro atoms. The van der Waals surface area contributed by atoms with E-state index in [9.17, 15) is 13.2 Å². The maximum atomic E-state index is 12.4. The van der Waals surface area contributed by atoms with Crippen LogP contribution in [0.1, 0.15) is 54.9 Å². The third-order valence-corrected chi connectivity index (χ3v) is 5.05. The molecule has 1 aromatic carbocycles. The topological polar surface area (TPSA) is 89.3 Å². The number of nitrogens with one attached hydrogen (secondary N) is 1. The maximum absolute atomic E-state index is 12.4. The molecule has 3 N–H and O–H groups in total. The summed E-state index contributed by atoms with van der Waals surface area (Å²) >= 11 is 0. The van der Waals surface area contributed by atoms with Gasteiger partial charge in [0, 0.05) is 11.1 Å². The van der Waals surface area contributed by atoms with Gasteiger partial charge in [0.2, 0.25) is 10.0 Å². The van der Waals surface area contributed by atoms with E-state index in [1.165, 1.54) is 24.6 Å². The van der Waals surface area contributed by atoms with E-state index >= 15 is 0 Å². The van der Waals surface area contributed by atoms with Crippen molar-refractivity contribution in [1.29, 1.82) is 0 Å². The monoisotopic (exact) mass is 310 g/mol. The van der Waals surface area contributed by atoms with Crippen molar-refractivity contribution in [1.82, 2.24) is 5.32 Å². The van der Waals surface area contributed by atoms with Crippen LogP contribution in [0.2, 0.25) is 0 Å². The molecule has 1 fully saturated rings. The lowest BCUT2D eigenvalue weighted by Gasteiger charge is -2.34. The van der Waals surface area contributed by atoms with E-state index < -0.39 is 10.0 Å². The smallest absolute Gasteiger partial charge is 0.251 e. The summed E-state index contributed by atoms with van der Waals surface area (Å²) in [4.78, 5) is 12.4. The minimum Gasteiger partial charge on any atom is -0.347 e. The first-order valence-electron chi connectivity index (χ1n) is 7.17. The van der Waals surface area contributed by atoms with Crippen LogP contribution < -0.4 is 10.5 Å². The average Bonchev–Trinajstić information content (AvgIpc) is 2.37. The summed E-state index contributed by atoms with van der Waals surface area (Å²) in [5.41, 5.74) is 0.938. The molecule has 0 saturated heterocycles. The molecule has 1 aliphatic carbocycles. The van der Waals surface area contributed by atoms with Gasteiger partial charge in [-0.05, 0) is 50.5 Å². The Bertz CT molecular complexity index is 647. The van der Waals surface area contributed by atoms with Crippen LogP contribution in [0.25, 0.3) is 0 Å². The zero-order valence-electron chi connectivity index (χ0n) is 12.5. The first kappa shape index (κ1) is 16.0. The number of carbonyl (C=O) groups excluding carboxylic acids is 1. The number of primary sulfonamides is 1. The van der Waals surface area contributed by atoms with Crippen molar-refractivity contribution in [3.05, 3.63) is 29.3 Å². The molecule has 0 aromatic heterocycles. The van der Waals surface area contributed by atoms with Gasteiger partial charge in [-0.25, -0.2) is 13.6 Å². The summed E-state index contributed by atoms with van der Waals surface area (Å²) in [7, 11) is -3.74. The average molecular weight is 310 g/mol. The van der Waals surface area contributed by atoms with Gasteiger partial charge < -0.3 is 5.32 Å². The molecule has 0 unspecified atom stereocenters. The first-order chi connectivity index (χ1) is 9.71. The fourth-order valence-electron chi connectivity index (χ4n) is 2.87. The van der Waals surface area contributed by atoms with Gasteiger partial charge in [-0.2, -0.15) is 0 Å². The summed E-state index contributed by atoms with van der Waals surface area (Å²) in [5, 5.41) is 8.18. The van der Waals surface area contributed by atoms with E-state index in [0.29, 0.717) is 11.1 Å². The van der Waals surface area contributed by atoms with Gasteiger partial charge >= 0.3 is 0 Å². The Morgan fingerprint density at radius 2 is 1.86 bits per heavy atom. The van der Waals surface area contributed by atoms with Crippen molar-refractivity contribution >= 4 is 15.9 Å². The SMILES string of the molecule is Cc1cc(S(N)(=O)=O)ccc1C(=O)NC1(C)CCCCC1. The molecular weight excluding hydrogens is 288 g/mol. The standard InChI is InChI=1S/C15H22N2O3S/c1-11-10-12(21(16,19)20)6-7-13(11)14(18)17-15(2)8-4-3-5-9-15/h6-7,10H,3-5,8-9H2,1-2H3,(H,17,18)(H2,16,19,20). The van der Waals surface area contributed by atoms with Crippen LogP contribution in [0.3, 0.4) is 0 Å². The number of aryl methyl sites for hydroxylation is 1. The molecule has 0 aliphatic heterocycles. The van der Waals surface area contributed by atoms with Crippen molar-refractivity contribution < 1.29 is 13.2 Å². The van der Waals surface area contributed by atoms with Crippen molar-refractivity contribution in [2.24, 2.45) is 5.14 Å². The van der Waals surface area contributed by atoms with E-state index in [1.807, 2.05) is 0 Å². The second-order valence-electron chi connectivity index (χ2n) is 6.10. The molecule has 1 aromatic rings. The van der Waals surface area contributed by atoms with Gasteiger partial charge in [0.05, 0.1) is 4.90 Å². The molecule has 0 atom stereocenters. The van der Waals surface area contributed by atoms with Crippen LogP contribution in [0.5, 0.6) is 0 Å². The molecular formula is C15H22N2O3S. The lowest BCUT2D eigenvalue weighted by atomic mass is 9.83. The van der Waals surface area contributed by atoms with E-state index in [1.54, 1.807) is 6.92 Å². The molecule has 1 aliphatic rings. The van der Waals surface area contributed by atoms with E-state index in [4.69, 9.17) is 5.14 Å². The fourth-order valence-corrected chi connectivity index (χ4v) is 3.47. The lowest BCUT2D eigenvalue weighted by Crippen LogP contribution is -2.47. The van der Waals surface area contributed by atoms with Crippen LogP contribution in [-0.2, 0) is 10.0 Å². The number of sulfonamides is 1. The van der Waals surface area contributed by atoms with Gasteiger partial charge in [0.25, 0.3) is 5.91 Å². The zero-order valence-corrected chi connectivity index (χ0v) is 13.3. The molecule has 1 amide bonds. The highest BCUT2D eigenvalue weighted by Gasteiger charge is 2.29. The number of amides is 1. The first-order valence-corrected chi connectivity index (χ1v) is 8.72. The quantitative estimate of drug-likeness (QED) is 0.896. The predicted octanol–water partition coefficient (Wildman–Crippen LogP) is 2.10. The maximum Gasteiger partial charge on any atom is 0.251 e. The Balaban J connectivity index is 2.20. The molecule has 0 heterocycles. The highest BCUT2D eigenvalue weighted by atomic mass is 32.2. The van der Waals surface area contributed by atoms with Gasteiger partial charge in [-0.15, -0.1) is 0 Å². The van der Waals surface area contributed by atoms with E-state index in [-0.39, 0.29) is 16.3 Å². The summed E-state index contributed by atoms with van der Waals surface area (Å²) in [6, 6.07) is 4.34. The second kappa shape index (κ2) is 5.77. The predicted molar refractivity (Wildman–Crippen MR) is 81.5 cm³/mol. The molecule has 0 bridgehead atoms. The summed E-state index contributed by atoms with van der Waals surface area (Å²) < 4.78 is 22.6. The number of carbonyl (C=O) groups is 1. The Kier molecular flexibility index (Phi) is 4.39. The lowest BCUT2D eigenvalue weighted by molar-refractivity contribution is 0.0882. The number of nitrogens with two attached hydrogens (primary N) is 1. The third-order valence-electron chi connectivity index (χ3n) is 4.14. The van der Waals surface area contributed by atoms with Crippen LogP contribution in [0.15, 0.2) is 23.1 Å². The molecule has 6 heteroatoms. The number of hydrogen-bond acceptors (Lipinski definition) is 3. The van der Waals surface area contributed by atoms with Crippen LogP contribution in [-0.4, -0.2) is 19.9 Å². The Hall–Kier alpha value is -1.40. The Morgan fingerprint density at radius 1 is 1.24 bits per heavy atom. The molecule has 0 radical (unpaired) electrons.